The zero-order valence-corrected chi connectivity index (χ0v) is 13.3. The SMILES string of the molecule is NC(=O)c1ncn(COCc2ccccc2)c1C1N=C(N)NC(N)=N1. The lowest BCUT2D eigenvalue weighted by atomic mass is 10.2. The monoisotopic (exact) mass is 342 g/mol. The molecule has 0 radical (unpaired) electrons. The lowest BCUT2D eigenvalue weighted by Crippen LogP contribution is -2.44. The van der Waals surface area contributed by atoms with Crippen molar-refractivity contribution in [1.82, 2.24) is 14.9 Å². The topological polar surface area (TPSA) is 159 Å². The van der Waals surface area contributed by atoms with Gasteiger partial charge in [0.25, 0.3) is 5.91 Å². The molecule has 1 aliphatic rings. The number of hydrogen-bond acceptors (Lipinski definition) is 8. The van der Waals surface area contributed by atoms with E-state index in [-0.39, 0.29) is 24.3 Å². The summed E-state index contributed by atoms with van der Waals surface area (Å²) in [6.07, 6.45) is 0.617. The van der Waals surface area contributed by atoms with Crippen molar-refractivity contribution in [1.29, 1.82) is 0 Å². The maximum Gasteiger partial charge on any atom is 0.269 e. The Balaban J connectivity index is 1.82. The van der Waals surface area contributed by atoms with Gasteiger partial charge in [-0.2, -0.15) is 0 Å². The lowest BCUT2D eigenvalue weighted by molar-refractivity contribution is 0.0616. The van der Waals surface area contributed by atoms with E-state index in [9.17, 15) is 4.79 Å². The minimum Gasteiger partial charge on any atom is -0.370 e. The van der Waals surface area contributed by atoms with Gasteiger partial charge in [0.15, 0.2) is 23.8 Å². The van der Waals surface area contributed by atoms with Crippen LogP contribution < -0.4 is 22.5 Å². The molecule has 0 aliphatic carbocycles. The Hall–Kier alpha value is -3.40. The summed E-state index contributed by atoms with van der Waals surface area (Å²) >= 11 is 0. The molecule has 3 rings (SSSR count). The van der Waals surface area contributed by atoms with Gasteiger partial charge in [-0.05, 0) is 5.56 Å². The summed E-state index contributed by atoms with van der Waals surface area (Å²) in [6, 6.07) is 9.69. The molecule has 0 spiro atoms. The first-order valence-corrected chi connectivity index (χ1v) is 7.44. The Morgan fingerprint density at radius 3 is 2.52 bits per heavy atom. The van der Waals surface area contributed by atoms with Gasteiger partial charge >= 0.3 is 0 Å². The Kier molecular flexibility index (Phi) is 4.61. The van der Waals surface area contributed by atoms with Crippen LogP contribution in [0.2, 0.25) is 0 Å². The van der Waals surface area contributed by atoms with E-state index in [0.29, 0.717) is 12.3 Å². The first-order chi connectivity index (χ1) is 12.0. The van der Waals surface area contributed by atoms with Crippen molar-refractivity contribution in [3.8, 4) is 0 Å². The van der Waals surface area contributed by atoms with Crippen molar-refractivity contribution in [2.24, 2.45) is 27.2 Å². The molecular formula is C15H18N8O2. The fourth-order valence-electron chi connectivity index (χ4n) is 2.40. The third-order valence-corrected chi connectivity index (χ3v) is 3.48. The predicted octanol–water partition coefficient (Wildman–Crippen LogP) is -0.612. The van der Waals surface area contributed by atoms with Crippen molar-refractivity contribution >= 4 is 17.8 Å². The summed E-state index contributed by atoms with van der Waals surface area (Å²) in [6.45, 7) is 0.534. The summed E-state index contributed by atoms with van der Waals surface area (Å²) in [7, 11) is 0. The van der Waals surface area contributed by atoms with Crippen LogP contribution in [0.4, 0.5) is 0 Å². The second kappa shape index (κ2) is 7.01. The summed E-state index contributed by atoms with van der Waals surface area (Å²) in [4.78, 5) is 24.0. The molecule has 1 aliphatic heterocycles. The van der Waals surface area contributed by atoms with Crippen molar-refractivity contribution in [3.05, 3.63) is 53.6 Å². The van der Waals surface area contributed by atoms with Crippen LogP contribution in [0.25, 0.3) is 0 Å². The maximum atomic E-state index is 11.7. The van der Waals surface area contributed by atoms with E-state index < -0.39 is 12.1 Å². The summed E-state index contributed by atoms with van der Waals surface area (Å²) < 4.78 is 7.28. The van der Waals surface area contributed by atoms with Gasteiger partial charge < -0.3 is 26.5 Å². The van der Waals surface area contributed by atoms with E-state index in [1.165, 1.54) is 6.33 Å². The third kappa shape index (κ3) is 3.75. The van der Waals surface area contributed by atoms with Gasteiger partial charge in [0.1, 0.15) is 6.73 Å². The average molecular weight is 342 g/mol. The Morgan fingerprint density at radius 2 is 1.88 bits per heavy atom. The van der Waals surface area contributed by atoms with Gasteiger partial charge in [-0.3, -0.25) is 10.1 Å². The zero-order valence-electron chi connectivity index (χ0n) is 13.3. The molecule has 25 heavy (non-hydrogen) atoms. The standard InChI is InChI=1S/C15H18N8O2/c16-12(24)10-11(13-20-14(17)22-15(18)21-13)23(7-19-10)8-25-6-9-4-2-1-3-5-9/h1-5,7,13H,6,8H2,(H2,16,24)(H5,17,18,20,21,22). The summed E-state index contributed by atoms with van der Waals surface area (Å²) in [5, 5.41) is 2.58. The van der Waals surface area contributed by atoms with Crippen molar-refractivity contribution in [2.75, 3.05) is 0 Å². The highest BCUT2D eigenvalue weighted by molar-refractivity contribution is 5.99. The molecule has 7 N–H and O–H groups in total. The van der Waals surface area contributed by atoms with E-state index >= 15 is 0 Å². The number of hydrogen-bond donors (Lipinski definition) is 4. The minimum absolute atomic E-state index is 0.0447. The summed E-state index contributed by atoms with van der Waals surface area (Å²) in [5.74, 6) is -0.519. The van der Waals surface area contributed by atoms with E-state index in [4.69, 9.17) is 21.9 Å². The molecule has 1 amide bonds. The van der Waals surface area contributed by atoms with Gasteiger partial charge in [0, 0.05) is 0 Å². The van der Waals surface area contributed by atoms with Crippen LogP contribution >= 0.6 is 0 Å². The smallest absolute Gasteiger partial charge is 0.269 e. The van der Waals surface area contributed by atoms with E-state index in [1.807, 2.05) is 30.3 Å². The maximum absolute atomic E-state index is 11.7. The van der Waals surface area contributed by atoms with Gasteiger partial charge in [-0.25, -0.2) is 15.0 Å². The number of primary amides is 1. The molecule has 10 heteroatoms. The van der Waals surface area contributed by atoms with E-state index in [1.54, 1.807) is 4.57 Å². The quantitative estimate of drug-likeness (QED) is 0.548. The number of aromatic nitrogens is 2. The number of nitrogens with zero attached hydrogens (tertiary/aromatic N) is 4. The molecule has 0 bridgehead atoms. The van der Waals surface area contributed by atoms with E-state index in [0.717, 1.165) is 5.56 Å². The van der Waals surface area contributed by atoms with E-state index in [2.05, 4.69) is 20.3 Å². The molecule has 0 unspecified atom stereocenters. The lowest BCUT2D eigenvalue weighted by Gasteiger charge is -2.19. The molecule has 2 heterocycles. The molecule has 0 saturated heterocycles. The highest BCUT2D eigenvalue weighted by atomic mass is 16.5. The fraction of sp³-hybridized carbons (Fsp3) is 0.200. The van der Waals surface area contributed by atoms with Crippen LogP contribution in [0.3, 0.4) is 0 Å². The number of benzene rings is 1. The third-order valence-electron chi connectivity index (χ3n) is 3.48. The molecule has 0 saturated carbocycles. The van der Waals surface area contributed by atoms with Crippen molar-refractivity contribution in [3.63, 3.8) is 0 Å². The number of carbonyl (C=O) groups excluding carboxylic acids is 1. The second-order valence-electron chi connectivity index (χ2n) is 5.30. The number of nitrogens with two attached hydrogens (primary N) is 3. The number of ether oxygens (including phenoxy) is 1. The Bertz CT molecular complexity index is 809. The molecule has 2 aromatic rings. The first kappa shape index (κ1) is 16.5. The molecular weight excluding hydrogens is 324 g/mol. The largest absolute Gasteiger partial charge is 0.370 e. The van der Waals surface area contributed by atoms with Crippen LogP contribution in [0.5, 0.6) is 0 Å². The number of amides is 1. The number of carbonyl (C=O) groups is 1. The van der Waals surface area contributed by atoms with Crippen molar-refractivity contribution in [2.45, 2.75) is 19.5 Å². The van der Waals surface area contributed by atoms with Crippen LogP contribution in [-0.4, -0.2) is 27.4 Å². The first-order valence-electron chi connectivity index (χ1n) is 7.44. The van der Waals surface area contributed by atoms with Crippen LogP contribution in [-0.2, 0) is 18.1 Å². The Labute approximate surface area is 143 Å². The highest BCUT2D eigenvalue weighted by Crippen LogP contribution is 2.24. The average Bonchev–Trinajstić information content (AvgIpc) is 2.99. The number of imidazole rings is 1. The minimum atomic E-state index is -0.827. The molecule has 1 aromatic heterocycles. The van der Waals surface area contributed by atoms with Gasteiger partial charge in [0.2, 0.25) is 0 Å². The number of guanidine groups is 2. The molecule has 10 nitrogen and oxygen atoms in total. The number of rotatable bonds is 6. The molecule has 130 valence electrons. The highest BCUT2D eigenvalue weighted by Gasteiger charge is 2.26. The normalized spacial score (nSPS) is 14.6. The van der Waals surface area contributed by atoms with Gasteiger partial charge in [-0.1, -0.05) is 30.3 Å². The van der Waals surface area contributed by atoms with Crippen LogP contribution in [0.15, 0.2) is 46.6 Å². The molecule has 1 aromatic carbocycles. The predicted molar refractivity (Wildman–Crippen MR) is 91.1 cm³/mol. The van der Waals surface area contributed by atoms with Crippen LogP contribution in [0, 0.1) is 0 Å². The second-order valence-corrected chi connectivity index (χ2v) is 5.30. The van der Waals surface area contributed by atoms with Crippen molar-refractivity contribution < 1.29 is 9.53 Å². The van der Waals surface area contributed by atoms with Gasteiger partial charge in [-0.15, -0.1) is 0 Å². The summed E-state index contributed by atoms with van der Waals surface area (Å²) in [5.41, 5.74) is 18.2. The Morgan fingerprint density at radius 1 is 1.20 bits per heavy atom. The van der Waals surface area contributed by atoms with Gasteiger partial charge in [0.05, 0.1) is 18.6 Å². The molecule has 0 atom stereocenters. The number of nitrogens with one attached hydrogen (secondary N) is 1. The number of aliphatic imine (C=N–C) groups is 2. The fourth-order valence-corrected chi connectivity index (χ4v) is 2.40. The molecule has 0 fully saturated rings. The van der Waals surface area contributed by atoms with Crippen LogP contribution in [0.1, 0.15) is 27.9 Å². The zero-order chi connectivity index (χ0) is 17.8.